The topological polar surface area (TPSA) is 80.7 Å². The molecule has 26 heavy (non-hydrogen) atoms. The molecule has 0 spiro atoms. The van der Waals surface area contributed by atoms with Crippen molar-refractivity contribution >= 4 is 34.2 Å². The van der Waals surface area contributed by atoms with E-state index >= 15 is 0 Å². The number of rotatable bonds is 3. The molecule has 0 atom stereocenters. The van der Waals surface area contributed by atoms with Crippen LogP contribution in [0.4, 0.5) is 5.69 Å². The second kappa shape index (κ2) is 6.61. The van der Waals surface area contributed by atoms with Crippen LogP contribution in [0.3, 0.4) is 0 Å². The van der Waals surface area contributed by atoms with Crippen LogP contribution in [0, 0.1) is 13.8 Å². The number of fused-ring (bicyclic) bond motifs is 1. The van der Waals surface area contributed by atoms with Gasteiger partial charge < -0.3 is 5.32 Å². The molecule has 0 unspecified atom stereocenters. The van der Waals surface area contributed by atoms with Gasteiger partial charge in [-0.15, -0.1) is 5.10 Å². The second-order valence-corrected chi connectivity index (χ2v) is 6.70. The first-order chi connectivity index (χ1) is 12.6. The number of hydrogen-bond donors (Lipinski definition) is 1. The maximum atomic E-state index is 12.5. The largest absolute Gasteiger partial charge is 0.322 e. The van der Waals surface area contributed by atoms with Crippen LogP contribution < -0.4 is 5.32 Å². The molecule has 4 aromatic rings. The second-order valence-electron chi connectivity index (χ2n) is 5.91. The molecule has 4 rings (SSSR count). The fourth-order valence-electron chi connectivity index (χ4n) is 2.59. The first kappa shape index (κ1) is 16.3. The van der Waals surface area contributed by atoms with Gasteiger partial charge in [-0.25, -0.2) is 9.97 Å². The summed E-state index contributed by atoms with van der Waals surface area (Å²) in [4.78, 5) is 22.5. The highest BCUT2D eigenvalue weighted by molar-refractivity contribution is 7.09. The molecule has 0 saturated heterocycles. The Hall–Kier alpha value is -3.19. The lowest BCUT2D eigenvalue weighted by molar-refractivity contribution is 0.102. The minimum atomic E-state index is -0.181. The Morgan fingerprint density at radius 2 is 1.69 bits per heavy atom. The molecule has 1 amide bonds. The van der Waals surface area contributed by atoms with E-state index in [0.717, 1.165) is 33.0 Å². The minimum Gasteiger partial charge on any atom is -0.322 e. The van der Waals surface area contributed by atoms with Crippen molar-refractivity contribution in [3.63, 3.8) is 0 Å². The first-order valence-corrected chi connectivity index (χ1v) is 8.81. The van der Waals surface area contributed by atoms with Crippen molar-refractivity contribution in [1.82, 2.24) is 19.6 Å². The van der Waals surface area contributed by atoms with Crippen molar-refractivity contribution in [2.45, 2.75) is 13.8 Å². The minimum absolute atomic E-state index is 0.181. The van der Waals surface area contributed by atoms with Crippen LogP contribution >= 0.6 is 11.5 Å². The number of anilines is 1. The van der Waals surface area contributed by atoms with Crippen LogP contribution in [0.25, 0.3) is 21.5 Å². The number of nitrogens with zero attached hydrogens (tertiary/aromatic N) is 4. The van der Waals surface area contributed by atoms with Gasteiger partial charge in [0.1, 0.15) is 0 Å². The molecular weight excluding hydrogens is 346 g/mol. The normalized spacial score (nSPS) is 10.8. The number of benzene rings is 2. The quantitative estimate of drug-likeness (QED) is 0.596. The fraction of sp³-hybridized carbons (Fsp3) is 0.105. The number of aromatic nitrogens is 4. The molecule has 2 aromatic heterocycles. The van der Waals surface area contributed by atoms with Crippen molar-refractivity contribution in [2.75, 3.05) is 5.32 Å². The third-order valence-corrected chi connectivity index (χ3v) is 4.84. The summed E-state index contributed by atoms with van der Waals surface area (Å²) >= 11 is 1.33. The standard InChI is InChI=1S/C19H15N5OS/c1-11-12(2)22-17-9-14(5-8-16(17)21-11)19(25)23-15-6-3-13(4-7-15)18-10-20-24-26-18/h3-10H,1-2H3,(H,23,25). The molecule has 2 aromatic carbocycles. The number of nitrogens with one attached hydrogen (secondary N) is 1. The Bertz CT molecular complexity index is 1090. The van der Waals surface area contributed by atoms with Crippen LogP contribution in [0.1, 0.15) is 21.7 Å². The van der Waals surface area contributed by atoms with Crippen LogP contribution in [0.15, 0.2) is 48.7 Å². The van der Waals surface area contributed by atoms with E-state index in [1.165, 1.54) is 11.5 Å². The highest BCUT2D eigenvalue weighted by Crippen LogP contribution is 2.23. The van der Waals surface area contributed by atoms with Crippen LogP contribution in [-0.2, 0) is 0 Å². The predicted molar refractivity (Wildman–Crippen MR) is 102 cm³/mol. The summed E-state index contributed by atoms with van der Waals surface area (Å²) in [6, 6.07) is 12.9. The SMILES string of the molecule is Cc1nc2ccc(C(=O)Nc3ccc(-c4cnns4)cc3)cc2nc1C. The van der Waals surface area contributed by atoms with E-state index < -0.39 is 0 Å². The molecule has 128 valence electrons. The van der Waals surface area contributed by atoms with Crippen LogP contribution in [0.5, 0.6) is 0 Å². The molecule has 6 nitrogen and oxygen atoms in total. The number of aryl methyl sites for hydroxylation is 2. The molecule has 0 bridgehead atoms. The zero-order valence-corrected chi connectivity index (χ0v) is 15.0. The average Bonchev–Trinajstić information content (AvgIpc) is 3.17. The summed E-state index contributed by atoms with van der Waals surface area (Å²) in [7, 11) is 0. The van der Waals surface area contributed by atoms with E-state index in [2.05, 4.69) is 24.9 Å². The molecule has 7 heteroatoms. The summed E-state index contributed by atoms with van der Waals surface area (Å²) in [5, 5.41) is 6.74. The Balaban J connectivity index is 1.56. The van der Waals surface area contributed by atoms with Crippen molar-refractivity contribution in [1.29, 1.82) is 0 Å². The molecular formula is C19H15N5OS. The fourth-order valence-corrected chi connectivity index (χ4v) is 3.11. The van der Waals surface area contributed by atoms with E-state index in [0.29, 0.717) is 11.1 Å². The zero-order chi connectivity index (χ0) is 18.1. The smallest absolute Gasteiger partial charge is 0.255 e. The van der Waals surface area contributed by atoms with E-state index in [9.17, 15) is 4.79 Å². The number of amides is 1. The number of carbonyl (C=O) groups excluding carboxylic acids is 1. The van der Waals surface area contributed by atoms with Crippen molar-refractivity contribution in [3.05, 3.63) is 65.6 Å². The van der Waals surface area contributed by atoms with Gasteiger partial charge in [0.05, 0.1) is 33.5 Å². The third kappa shape index (κ3) is 3.16. The van der Waals surface area contributed by atoms with Gasteiger partial charge >= 0.3 is 0 Å². The van der Waals surface area contributed by atoms with Gasteiger partial charge in [0, 0.05) is 11.3 Å². The van der Waals surface area contributed by atoms with Gasteiger partial charge in [0.25, 0.3) is 5.91 Å². The van der Waals surface area contributed by atoms with E-state index in [4.69, 9.17) is 0 Å². The maximum Gasteiger partial charge on any atom is 0.255 e. The highest BCUT2D eigenvalue weighted by Gasteiger charge is 2.10. The summed E-state index contributed by atoms with van der Waals surface area (Å²) in [6.45, 7) is 3.84. The predicted octanol–water partition coefficient (Wildman–Crippen LogP) is 4.02. The molecule has 0 aliphatic carbocycles. The van der Waals surface area contributed by atoms with Gasteiger partial charge in [-0.1, -0.05) is 16.6 Å². The van der Waals surface area contributed by atoms with Gasteiger partial charge in [-0.05, 0) is 61.3 Å². The molecule has 0 saturated carbocycles. The van der Waals surface area contributed by atoms with Gasteiger partial charge in [0.2, 0.25) is 0 Å². The number of carbonyl (C=O) groups is 1. The lowest BCUT2D eigenvalue weighted by Crippen LogP contribution is -2.12. The summed E-state index contributed by atoms with van der Waals surface area (Å²) < 4.78 is 3.86. The number of hydrogen-bond acceptors (Lipinski definition) is 6. The van der Waals surface area contributed by atoms with Crippen molar-refractivity contribution in [2.24, 2.45) is 0 Å². The molecule has 1 N–H and O–H groups in total. The van der Waals surface area contributed by atoms with E-state index in [1.54, 1.807) is 18.3 Å². The lowest BCUT2D eigenvalue weighted by Gasteiger charge is -2.07. The maximum absolute atomic E-state index is 12.5. The van der Waals surface area contributed by atoms with Gasteiger partial charge in [-0.2, -0.15) is 0 Å². The Labute approximate surface area is 154 Å². The van der Waals surface area contributed by atoms with E-state index in [1.807, 2.05) is 44.2 Å². The van der Waals surface area contributed by atoms with Gasteiger partial charge in [-0.3, -0.25) is 4.79 Å². The molecule has 0 radical (unpaired) electrons. The molecule has 0 aliphatic heterocycles. The monoisotopic (exact) mass is 361 g/mol. The summed E-state index contributed by atoms with van der Waals surface area (Å²) in [5.74, 6) is -0.181. The van der Waals surface area contributed by atoms with E-state index in [-0.39, 0.29) is 5.91 Å². The molecule has 2 heterocycles. The summed E-state index contributed by atoms with van der Waals surface area (Å²) in [5.41, 5.74) is 5.55. The first-order valence-electron chi connectivity index (χ1n) is 8.04. The van der Waals surface area contributed by atoms with Crippen LogP contribution in [0.2, 0.25) is 0 Å². The zero-order valence-electron chi connectivity index (χ0n) is 14.2. The van der Waals surface area contributed by atoms with Crippen molar-refractivity contribution < 1.29 is 4.79 Å². The Morgan fingerprint density at radius 1 is 0.962 bits per heavy atom. The lowest BCUT2D eigenvalue weighted by atomic mass is 10.1. The highest BCUT2D eigenvalue weighted by atomic mass is 32.1. The average molecular weight is 361 g/mol. The molecule has 0 aliphatic rings. The third-order valence-electron chi connectivity index (χ3n) is 4.13. The summed E-state index contributed by atoms with van der Waals surface area (Å²) in [6.07, 6.45) is 1.72. The van der Waals surface area contributed by atoms with Crippen molar-refractivity contribution in [3.8, 4) is 10.4 Å². The van der Waals surface area contributed by atoms with Crippen LogP contribution in [-0.4, -0.2) is 25.5 Å². The van der Waals surface area contributed by atoms with Gasteiger partial charge in [0.15, 0.2) is 0 Å². The Kier molecular flexibility index (Phi) is 4.14. The molecule has 0 fully saturated rings. The Morgan fingerprint density at radius 3 is 2.38 bits per heavy atom.